The lowest BCUT2D eigenvalue weighted by atomic mass is 9.93. The Kier molecular flexibility index (Phi) is 4.76. The molecule has 1 aliphatic rings. The van der Waals surface area contributed by atoms with E-state index in [9.17, 15) is 5.11 Å². The summed E-state index contributed by atoms with van der Waals surface area (Å²) in [5.41, 5.74) is 4.86. The summed E-state index contributed by atoms with van der Waals surface area (Å²) >= 11 is 0. The number of rotatable bonds is 3. The second-order valence-corrected chi connectivity index (χ2v) is 5.73. The van der Waals surface area contributed by atoms with Crippen molar-refractivity contribution in [2.45, 2.75) is 25.4 Å². The average Bonchev–Trinajstić information content (AvgIpc) is 3.13. The van der Waals surface area contributed by atoms with Crippen molar-refractivity contribution in [2.24, 2.45) is 0 Å². The van der Waals surface area contributed by atoms with Gasteiger partial charge in [0.15, 0.2) is 0 Å². The molecule has 1 heteroatoms. The van der Waals surface area contributed by atoms with Crippen molar-refractivity contribution >= 4 is 5.57 Å². The predicted octanol–water partition coefficient (Wildman–Crippen LogP) is 4.90. The van der Waals surface area contributed by atoms with Crippen LogP contribution in [0.5, 0.6) is 0 Å². The molecule has 0 radical (unpaired) electrons. The number of hydrogen-bond acceptors (Lipinski definition) is 1. The normalized spacial score (nSPS) is 14.6. The summed E-state index contributed by atoms with van der Waals surface area (Å²) in [5, 5.41) is 10.5. The van der Waals surface area contributed by atoms with Crippen LogP contribution in [-0.2, 0) is 0 Å². The van der Waals surface area contributed by atoms with Crippen LogP contribution in [0.2, 0.25) is 0 Å². The van der Waals surface area contributed by atoms with Gasteiger partial charge in [-0.05, 0) is 41.5 Å². The Balaban J connectivity index is 1.90. The zero-order chi connectivity index (χ0) is 16.1. The Hall–Kier alpha value is -2.56. The van der Waals surface area contributed by atoms with E-state index in [1.807, 2.05) is 54.6 Å². The lowest BCUT2D eigenvalue weighted by Gasteiger charge is -2.14. The van der Waals surface area contributed by atoms with E-state index in [-0.39, 0.29) is 0 Å². The summed E-state index contributed by atoms with van der Waals surface area (Å²) in [4.78, 5) is 0. The molecule has 1 N–H and O–H groups in total. The number of allylic oxidation sites excluding steroid dienone is 2. The smallest absolute Gasteiger partial charge is 0.141 e. The first-order valence-electron chi connectivity index (χ1n) is 7.98. The first kappa shape index (κ1) is 15.3. The van der Waals surface area contributed by atoms with E-state index >= 15 is 0 Å². The first-order valence-corrected chi connectivity index (χ1v) is 7.98. The van der Waals surface area contributed by atoms with Crippen LogP contribution in [0.4, 0.5) is 0 Å². The van der Waals surface area contributed by atoms with Crippen molar-refractivity contribution in [2.75, 3.05) is 0 Å². The van der Waals surface area contributed by atoms with Crippen LogP contribution in [0.25, 0.3) is 5.57 Å². The molecule has 0 spiro atoms. The molecule has 0 aliphatic heterocycles. The molecule has 2 aromatic carbocycles. The molecular formula is C22H20O. The zero-order valence-corrected chi connectivity index (χ0v) is 13.1. The lowest BCUT2D eigenvalue weighted by Crippen LogP contribution is -2.00. The molecule has 0 saturated heterocycles. The molecule has 1 atom stereocenters. The van der Waals surface area contributed by atoms with E-state index in [1.54, 1.807) is 0 Å². The van der Waals surface area contributed by atoms with Crippen molar-refractivity contribution in [1.29, 1.82) is 0 Å². The molecule has 0 fully saturated rings. The van der Waals surface area contributed by atoms with Gasteiger partial charge >= 0.3 is 0 Å². The van der Waals surface area contributed by atoms with E-state index in [1.165, 1.54) is 6.42 Å². The minimum absolute atomic E-state index is 0.798. The molecule has 0 amide bonds. The standard InChI is InChI=1S/C22H20O/c1-17(19-11-3-2-4-12-19)20-13-7-8-14-21(20)22(23)16-15-18-9-5-6-10-18/h2-4,7-9,11-14,22-23H,1,5-6,10H2. The summed E-state index contributed by atoms with van der Waals surface area (Å²) in [7, 11) is 0. The van der Waals surface area contributed by atoms with Gasteiger partial charge in [-0.1, -0.05) is 79.1 Å². The number of hydrogen-bond donors (Lipinski definition) is 1. The summed E-state index contributed by atoms with van der Waals surface area (Å²) < 4.78 is 0. The van der Waals surface area contributed by atoms with E-state index in [4.69, 9.17) is 0 Å². The molecule has 3 rings (SSSR count). The maximum atomic E-state index is 10.5. The molecule has 114 valence electrons. The molecular weight excluding hydrogens is 280 g/mol. The van der Waals surface area contributed by atoms with Crippen molar-refractivity contribution in [3.05, 3.63) is 89.5 Å². The predicted molar refractivity (Wildman–Crippen MR) is 95.7 cm³/mol. The highest BCUT2D eigenvalue weighted by atomic mass is 16.3. The van der Waals surface area contributed by atoms with Crippen molar-refractivity contribution in [3.8, 4) is 11.8 Å². The van der Waals surface area contributed by atoms with E-state index < -0.39 is 6.10 Å². The quantitative estimate of drug-likeness (QED) is 0.800. The molecule has 2 aromatic rings. The topological polar surface area (TPSA) is 20.2 Å². The molecule has 0 aromatic heterocycles. The highest BCUT2D eigenvalue weighted by Crippen LogP contribution is 2.28. The monoisotopic (exact) mass is 300 g/mol. The Morgan fingerprint density at radius 2 is 1.78 bits per heavy atom. The van der Waals surface area contributed by atoms with Gasteiger partial charge in [-0.15, -0.1) is 0 Å². The summed E-state index contributed by atoms with van der Waals surface area (Å²) in [5.74, 6) is 6.10. The van der Waals surface area contributed by atoms with Crippen molar-refractivity contribution < 1.29 is 5.11 Å². The van der Waals surface area contributed by atoms with Gasteiger partial charge < -0.3 is 5.11 Å². The fraction of sp³-hybridized carbons (Fsp3) is 0.182. The van der Waals surface area contributed by atoms with Gasteiger partial charge in [0, 0.05) is 5.56 Å². The van der Waals surface area contributed by atoms with Gasteiger partial charge in [-0.25, -0.2) is 0 Å². The Morgan fingerprint density at radius 3 is 2.52 bits per heavy atom. The van der Waals surface area contributed by atoms with Crippen LogP contribution >= 0.6 is 0 Å². The number of aliphatic hydroxyl groups excluding tert-OH is 1. The van der Waals surface area contributed by atoms with Gasteiger partial charge in [-0.2, -0.15) is 0 Å². The van der Waals surface area contributed by atoms with Crippen LogP contribution in [0.15, 0.2) is 72.8 Å². The number of benzene rings is 2. The summed E-state index contributed by atoms with van der Waals surface area (Å²) in [6.07, 6.45) is 4.66. The van der Waals surface area contributed by atoms with Crippen LogP contribution in [0, 0.1) is 11.8 Å². The van der Waals surface area contributed by atoms with E-state index in [0.717, 1.165) is 40.7 Å². The zero-order valence-electron chi connectivity index (χ0n) is 13.1. The third-order valence-corrected chi connectivity index (χ3v) is 4.11. The molecule has 0 heterocycles. The lowest BCUT2D eigenvalue weighted by molar-refractivity contribution is 0.238. The third-order valence-electron chi connectivity index (χ3n) is 4.11. The van der Waals surface area contributed by atoms with Crippen molar-refractivity contribution in [1.82, 2.24) is 0 Å². The largest absolute Gasteiger partial charge is 0.376 e. The Bertz CT molecular complexity index is 787. The fourth-order valence-corrected chi connectivity index (χ4v) is 2.83. The maximum Gasteiger partial charge on any atom is 0.141 e. The molecule has 23 heavy (non-hydrogen) atoms. The molecule has 1 aliphatic carbocycles. The average molecular weight is 300 g/mol. The number of aliphatic hydroxyl groups is 1. The maximum absolute atomic E-state index is 10.5. The van der Waals surface area contributed by atoms with Crippen LogP contribution < -0.4 is 0 Å². The summed E-state index contributed by atoms with van der Waals surface area (Å²) in [6.45, 7) is 4.21. The first-order chi connectivity index (χ1) is 11.3. The highest BCUT2D eigenvalue weighted by Gasteiger charge is 2.13. The second kappa shape index (κ2) is 7.13. The van der Waals surface area contributed by atoms with Gasteiger partial charge in [0.1, 0.15) is 6.10 Å². The van der Waals surface area contributed by atoms with Gasteiger partial charge in [-0.3, -0.25) is 0 Å². The van der Waals surface area contributed by atoms with Crippen LogP contribution in [-0.4, -0.2) is 5.11 Å². The Labute approximate surface area is 138 Å². The minimum atomic E-state index is -0.798. The molecule has 1 unspecified atom stereocenters. The molecule has 1 nitrogen and oxygen atoms in total. The van der Waals surface area contributed by atoms with E-state index in [2.05, 4.69) is 24.5 Å². The fourth-order valence-electron chi connectivity index (χ4n) is 2.83. The molecule has 0 bridgehead atoms. The highest BCUT2D eigenvalue weighted by molar-refractivity contribution is 5.80. The van der Waals surface area contributed by atoms with Gasteiger partial charge in [0.05, 0.1) is 0 Å². The Morgan fingerprint density at radius 1 is 1.04 bits per heavy atom. The second-order valence-electron chi connectivity index (χ2n) is 5.73. The van der Waals surface area contributed by atoms with Crippen LogP contribution in [0.1, 0.15) is 42.1 Å². The van der Waals surface area contributed by atoms with Gasteiger partial charge in [0.25, 0.3) is 0 Å². The SMILES string of the molecule is C=C(c1ccccc1)c1ccccc1C(O)C#CC1=CCCC1. The van der Waals surface area contributed by atoms with Crippen molar-refractivity contribution in [3.63, 3.8) is 0 Å². The third kappa shape index (κ3) is 3.62. The summed E-state index contributed by atoms with van der Waals surface area (Å²) in [6, 6.07) is 17.8. The van der Waals surface area contributed by atoms with Gasteiger partial charge in [0.2, 0.25) is 0 Å². The molecule has 0 saturated carbocycles. The van der Waals surface area contributed by atoms with E-state index in [0.29, 0.717) is 0 Å². The van der Waals surface area contributed by atoms with Crippen LogP contribution in [0.3, 0.4) is 0 Å². The minimum Gasteiger partial charge on any atom is -0.376 e.